The summed E-state index contributed by atoms with van der Waals surface area (Å²) in [7, 11) is -4.13. The van der Waals surface area contributed by atoms with Crippen LogP contribution in [0.2, 0.25) is 0 Å². The van der Waals surface area contributed by atoms with Crippen LogP contribution in [0.3, 0.4) is 0 Å². The zero-order chi connectivity index (χ0) is 31.0. The molecular weight excluding hydrogens is 626 g/mol. The van der Waals surface area contributed by atoms with Gasteiger partial charge in [-0.25, -0.2) is 8.42 Å². The Bertz CT molecular complexity index is 1630. The molecule has 4 aromatic rings. The van der Waals surface area contributed by atoms with Crippen molar-refractivity contribution < 1.29 is 18.0 Å². The standard InChI is InChI=1S/C34H36BrN3O4S/c1-25(2)36-34(40)32(22-27-11-6-4-7-12-27)37(23-28-13-10-14-29(35)21-28)33(39)24-38(30-15-8-5-9-16-30)43(41,42)31-19-17-26(3)18-20-31/h4-21,25,32H,22-24H2,1-3H3,(H,36,40). The predicted molar refractivity (Wildman–Crippen MR) is 174 cm³/mol. The summed E-state index contributed by atoms with van der Waals surface area (Å²) in [4.78, 5) is 29.7. The van der Waals surface area contributed by atoms with E-state index in [1.165, 1.54) is 4.90 Å². The monoisotopic (exact) mass is 661 g/mol. The van der Waals surface area contributed by atoms with Crippen molar-refractivity contribution >= 4 is 43.5 Å². The molecule has 2 amide bonds. The van der Waals surface area contributed by atoms with Crippen LogP contribution in [0.4, 0.5) is 5.69 Å². The lowest BCUT2D eigenvalue weighted by Crippen LogP contribution is -2.54. The predicted octanol–water partition coefficient (Wildman–Crippen LogP) is 6.12. The highest BCUT2D eigenvalue weighted by atomic mass is 79.9. The van der Waals surface area contributed by atoms with Gasteiger partial charge in [0, 0.05) is 23.5 Å². The van der Waals surface area contributed by atoms with Gasteiger partial charge in [-0.2, -0.15) is 0 Å². The molecule has 0 heterocycles. The molecule has 1 unspecified atom stereocenters. The molecule has 0 saturated heterocycles. The molecule has 0 saturated carbocycles. The van der Waals surface area contributed by atoms with Gasteiger partial charge in [-0.1, -0.05) is 94.3 Å². The number of amides is 2. The molecule has 4 aromatic carbocycles. The number of hydrogen-bond acceptors (Lipinski definition) is 4. The molecule has 0 radical (unpaired) electrons. The number of rotatable bonds is 12. The topological polar surface area (TPSA) is 86.8 Å². The molecule has 9 heteroatoms. The number of carbonyl (C=O) groups excluding carboxylic acids is 2. The SMILES string of the molecule is Cc1ccc(S(=O)(=O)N(CC(=O)N(Cc2cccc(Br)c2)C(Cc2ccccc2)C(=O)NC(C)C)c2ccccc2)cc1. The summed E-state index contributed by atoms with van der Waals surface area (Å²) < 4.78 is 30.0. The highest BCUT2D eigenvalue weighted by molar-refractivity contribution is 9.10. The average Bonchev–Trinajstić information content (AvgIpc) is 2.98. The van der Waals surface area contributed by atoms with Crippen LogP contribution in [-0.2, 0) is 32.6 Å². The molecule has 43 heavy (non-hydrogen) atoms. The van der Waals surface area contributed by atoms with E-state index in [9.17, 15) is 18.0 Å². The van der Waals surface area contributed by atoms with E-state index in [1.807, 2.05) is 75.4 Å². The zero-order valence-corrected chi connectivity index (χ0v) is 26.9. The minimum atomic E-state index is -4.13. The number of nitrogens with one attached hydrogen (secondary N) is 1. The van der Waals surface area contributed by atoms with Crippen molar-refractivity contribution in [3.05, 3.63) is 130 Å². The van der Waals surface area contributed by atoms with Crippen LogP contribution in [0.5, 0.6) is 0 Å². The largest absolute Gasteiger partial charge is 0.352 e. The highest BCUT2D eigenvalue weighted by Gasteiger charge is 2.34. The zero-order valence-electron chi connectivity index (χ0n) is 24.5. The first-order valence-corrected chi connectivity index (χ1v) is 16.3. The van der Waals surface area contributed by atoms with Gasteiger partial charge in [0.2, 0.25) is 11.8 Å². The Labute approximate surface area is 262 Å². The fraction of sp³-hybridized carbons (Fsp3) is 0.235. The second kappa shape index (κ2) is 14.5. The number of carbonyl (C=O) groups is 2. The fourth-order valence-corrected chi connectivity index (χ4v) is 6.59. The van der Waals surface area contributed by atoms with Gasteiger partial charge in [0.15, 0.2) is 0 Å². The van der Waals surface area contributed by atoms with Crippen LogP contribution in [0.1, 0.15) is 30.5 Å². The summed E-state index contributed by atoms with van der Waals surface area (Å²) in [5.74, 6) is -0.811. The number of nitrogens with zero attached hydrogens (tertiary/aromatic N) is 2. The Kier molecular flexibility index (Phi) is 10.8. The van der Waals surface area contributed by atoms with Crippen molar-refractivity contribution in [3.63, 3.8) is 0 Å². The first kappa shape index (κ1) is 32.0. The van der Waals surface area contributed by atoms with Crippen molar-refractivity contribution in [2.24, 2.45) is 0 Å². The molecule has 1 atom stereocenters. The van der Waals surface area contributed by atoms with E-state index in [0.29, 0.717) is 5.69 Å². The van der Waals surface area contributed by atoms with Crippen molar-refractivity contribution in [1.29, 1.82) is 0 Å². The molecule has 0 fully saturated rings. The minimum absolute atomic E-state index is 0.0756. The molecule has 0 aliphatic heterocycles. The first-order valence-electron chi connectivity index (χ1n) is 14.1. The number of sulfonamides is 1. The number of aryl methyl sites for hydroxylation is 1. The lowest BCUT2D eigenvalue weighted by molar-refractivity contribution is -0.140. The Morgan fingerprint density at radius 2 is 1.42 bits per heavy atom. The Morgan fingerprint density at radius 3 is 2.02 bits per heavy atom. The Balaban J connectivity index is 1.79. The van der Waals surface area contributed by atoms with E-state index in [2.05, 4.69) is 21.2 Å². The third-order valence-electron chi connectivity index (χ3n) is 6.88. The normalized spacial score (nSPS) is 12.0. The maximum Gasteiger partial charge on any atom is 0.264 e. The number of anilines is 1. The number of benzene rings is 4. The van der Waals surface area contributed by atoms with Crippen LogP contribution in [-0.4, -0.2) is 43.8 Å². The van der Waals surface area contributed by atoms with Gasteiger partial charge >= 0.3 is 0 Å². The summed E-state index contributed by atoms with van der Waals surface area (Å²) in [6.45, 7) is 5.22. The maximum atomic E-state index is 14.4. The number of halogens is 1. The molecule has 0 bridgehead atoms. The summed E-state index contributed by atoms with van der Waals surface area (Å²) in [6, 6.07) is 31.0. The van der Waals surface area contributed by atoms with Gasteiger partial charge in [-0.15, -0.1) is 0 Å². The lowest BCUT2D eigenvalue weighted by Gasteiger charge is -2.34. The summed E-state index contributed by atoms with van der Waals surface area (Å²) in [5.41, 5.74) is 2.95. The molecule has 1 N–H and O–H groups in total. The second-order valence-corrected chi connectivity index (χ2v) is 13.5. The van der Waals surface area contributed by atoms with Crippen LogP contribution in [0, 0.1) is 6.92 Å². The molecule has 4 rings (SSSR count). The third-order valence-corrected chi connectivity index (χ3v) is 9.16. The highest BCUT2D eigenvalue weighted by Crippen LogP contribution is 2.25. The fourth-order valence-electron chi connectivity index (χ4n) is 4.73. The molecule has 0 spiro atoms. The Morgan fingerprint density at radius 1 is 0.814 bits per heavy atom. The second-order valence-electron chi connectivity index (χ2n) is 10.7. The third kappa shape index (κ3) is 8.55. The van der Waals surface area contributed by atoms with Gasteiger partial charge < -0.3 is 10.2 Å². The maximum absolute atomic E-state index is 14.4. The summed E-state index contributed by atoms with van der Waals surface area (Å²) >= 11 is 3.50. The Hall–Kier alpha value is -3.95. The van der Waals surface area contributed by atoms with E-state index < -0.39 is 28.5 Å². The van der Waals surface area contributed by atoms with Gasteiger partial charge in [0.25, 0.3) is 10.0 Å². The molecule has 0 aliphatic rings. The van der Waals surface area contributed by atoms with Gasteiger partial charge in [0.05, 0.1) is 10.6 Å². The molecule has 224 valence electrons. The summed E-state index contributed by atoms with van der Waals surface area (Å²) in [6.07, 6.45) is 0.259. The van der Waals surface area contributed by atoms with Crippen LogP contribution in [0.25, 0.3) is 0 Å². The molecule has 0 aliphatic carbocycles. The van der Waals surface area contributed by atoms with Crippen LogP contribution >= 0.6 is 15.9 Å². The smallest absolute Gasteiger partial charge is 0.264 e. The average molecular weight is 663 g/mol. The van der Waals surface area contributed by atoms with Crippen molar-refractivity contribution in [1.82, 2.24) is 10.2 Å². The van der Waals surface area contributed by atoms with Crippen molar-refractivity contribution in [2.75, 3.05) is 10.8 Å². The quantitative estimate of drug-likeness (QED) is 0.198. The van der Waals surface area contributed by atoms with Gasteiger partial charge in [-0.3, -0.25) is 13.9 Å². The molecule has 7 nitrogen and oxygen atoms in total. The van der Waals surface area contributed by atoms with Gasteiger partial charge in [-0.05, 0) is 68.3 Å². The number of hydrogen-bond donors (Lipinski definition) is 1. The van der Waals surface area contributed by atoms with E-state index in [0.717, 1.165) is 25.5 Å². The molecule has 0 aromatic heterocycles. The van der Waals surface area contributed by atoms with Crippen molar-refractivity contribution in [3.8, 4) is 0 Å². The van der Waals surface area contributed by atoms with E-state index in [-0.39, 0.29) is 29.8 Å². The van der Waals surface area contributed by atoms with E-state index >= 15 is 0 Å². The van der Waals surface area contributed by atoms with Crippen molar-refractivity contribution in [2.45, 2.75) is 50.7 Å². The molecular formula is C34H36BrN3O4S. The van der Waals surface area contributed by atoms with Crippen LogP contribution in [0.15, 0.2) is 119 Å². The van der Waals surface area contributed by atoms with Crippen LogP contribution < -0.4 is 9.62 Å². The van der Waals surface area contributed by atoms with E-state index in [4.69, 9.17) is 0 Å². The minimum Gasteiger partial charge on any atom is -0.352 e. The summed E-state index contributed by atoms with van der Waals surface area (Å²) in [5, 5.41) is 2.97. The first-order chi connectivity index (χ1) is 20.5. The number of para-hydroxylation sites is 1. The lowest BCUT2D eigenvalue weighted by atomic mass is 10.0. The van der Waals surface area contributed by atoms with Gasteiger partial charge in [0.1, 0.15) is 12.6 Å². The van der Waals surface area contributed by atoms with E-state index in [1.54, 1.807) is 54.6 Å².